The van der Waals surface area contributed by atoms with Gasteiger partial charge in [-0.3, -0.25) is 19.8 Å². The van der Waals surface area contributed by atoms with E-state index in [4.69, 9.17) is 9.47 Å². The normalized spacial score (nSPS) is 12.7. The molecule has 194 valence electrons. The highest BCUT2D eigenvalue weighted by Crippen LogP contribution is 2.36. The van der Waals surface area contributed by atoms with Crippen LogP contribution in [0.2, 0.25) is 0 Å². The number of ether oxygens (including phenoxy) is 2. The summed E-state index contributed by atoms with van der Waals surface area (Å²) in [6, 6.07) is 4.45. The van der Waals surface area contributed by atoms with Gasteiger partial charge >= 0.3 is 0 Å². The van der Waals surface area contributed by atoms with Crippen molar-refractivity contribution >= 4 is 22.4 Å². The number of rotatable bonds is 8. The molecule has 13 heteroatoms. The molecule has 0 radical (unpaired) electrons. The molecule has 1 aliphatic carbocycles. The van der Waals surface area contributed by atoms with Crippen LogP contribution < -0.4 is 14.8 Å². The van der Waals surface area contributed by atoms with Crippen molar-refractivity contribution < 1.29 is 23.0 Å². The summed E-state index contributed by atoms with van der Waals surface area (Å²) in [4.78, 5) is 21.3. The molecule has 10 nitrogen and oxygen atoms in total. The number of hydrogen-bond donors (Lipinski definition) is 1. The van der Waals surface area contributed by atoms with Crippen molar-refractivity contribution in [3.8, 4) is 34.6 Å². The van der Waals surface area contributed by atoms with Gasteiger partial charge in [-0.1, -0.05) is 17.3 Å². The third-order valence-corrected chi connectivity index (χ3v) is 6.24. The van der Waals surface area contributed by atoms with Crippen LogP contribution in [0, 0.1) is 17.8 Å². The van der Waals surface area contributed by atoms with Crippen molar-refractivity contribution in [2.24, 2.45) is 13.0 Å². The van der Waals surface area contributed by atoms with Crippen LogP contribution in [0.15, 0.2) is 36.8 Å². The van der Waals surface area contributed by atoms with Gasteiger partial charge in [0.25, 0.3) is 12.3 Å². The molecule has 0 aromatic carbocycles. The van der Waals surface area contributed by atoms with E-state index < -0.39 is 18.0 Å². The van der Waals surface area contributed by atoms with Crippen LogP contribution in [0.25, 0.3) is 11.1 Å². The van der Waals surface area contributed by atoms with Gasteiger partial charge in [0.2, 0.25) is 11.0 Å². The van der Waals surface area contributed by atoms with Gasteiger partial charge in [0.05, 0.1) is 24.6 Å². The number of anilines is 1. The van der Waals surface area contributed by atoms with Crippen LogP contribution in [-0.2, 0) is 13.7 Å². The van der Waals surface area contributed by atoms with E-state index >= 15 is 0 Å². The number of carbonyl (C=O) groups excluding carboxylic acids is 1. The Morgan fingerprint density at radius 3 is 2.79 bits per heavy atom. The second kappa shape index (κ2) is 10.9. The van der Waals surface area contributed by atoms with Crippen molar-refractivity contribution in [1.29, 1.82) is 0 Å². The zero-order chi connectivity index (χ0) is 26.6. The number of hydrogen-bond acceptors (Lipinski definition) is 9. The molecule has 1 amide bonds. The molecule has 0 saturated heterocycles. The highest BCUT2D eigenvalue weighted by Gasteiger charge is 2.22. The summed E-state index contributed by atoms with van der Waals surface area (Å²) in [6.07, 6.45) is 3.60. The third kappa shape index (κ3) is 5.92. The van der Waals surface area contributed by atoms with Gasteiger partial charge in [-0.15, -0.1) is 10.2 Å². The summed E-state index contributed by atoms with van der Waals surface area (Å²) < 4.78 is 39.8. The number of aryl methyl sites for hydroxylation is 1. The number of nitrogens with one attached hydrogen (secondary N) is 1. The first-order valence-corrected chi connectivity index (χ1v) is 12.3. The number of pyridine rings is 2. The largest absolute Gasteiger partial charge is 0.494 e. The van der Waals surface area contributed by atoms with Crippen LogP contribution in [-0.4, -0.2) is 43.0 Å². The number of nitrogens with zero attached hydrogens (tertiary/aromatic N) is 6. The van der Waals surface area contributed by atoms with Gasteiger partial charge in [-0.25, -0.2) is 13.8 Å². The van der Waals surface area contributed by atoms with E-state index in [1.807, 2.05) is 0 Å². The fourth-order valence-corrected chi connectivity index (χ4v) is 4.04. The van der Waals surface area contributed by atoms with E-state index in [0.29, 0.717) is 16.6 Å². The molecular weight excluding hydrogens is 516 g/mol. The summed E-state index contributed by atoms with van der Waals surface area (Å²) in [5.41, 5.74) is 0.758. The Labute approximate surface area is 220 Å². The molecule has 0 spiro atoms. The van der Waals surface area contributed by atoms with Crippen LogP contribution in [0.4, 0.5) is 13.9 Å². The Morgan fingerprint density at radius 1 is 1.24 bits per heavy atom. The summed E-state index contributed by atoms with van der Waals surface area (Å²) in [5, 5.41) is 15.6. The Hall–Kier alpha value is -4.44. The lowest BCUT2D eigenvalue weighted by Crippen LogP contribution is -2.14. The molecule has 4 aromatic heterocycles. The first-order chi connectivity index (χ1) is 18.4. The van der Waals surface area contributed by atoms with Crippen molar-refractivity contribution in [2.45, 2.75) is 25.9 Å². The molecule has 1 fully saturated rings. The van der Waals surface area contributed by atoms with Crippen molar-refractivity contribution in [2.75, 3.05) is 12.4 Å². The van der Waals surface area contributed by atoms with Gasteiger partial charge < -0.3 is 9.47 Å². The fraction of sp³-hybridized carbons (Fsp3) is 0.280. The first kappa shape index (κ1) is 25.2. The van der Waals surface area contributed by atoms with E-state index in [1.54, 1.807) is 24.0 Å². The van der Waals surface area contributed by atoms with Crippen molar-refractivity contribution in [3.63, 3.8) is 0 Å². The third-order valence-electron chi connectivity index (χ3n) is 5.49. The van der Waals surface area contributed by atoms with E-state index in [1.165, 1.54) is 31.6 Å². The van der Waals surface area contributed by atoms with E-state index in [0.717, 1.165) is 24.2 Å². The lowest BCUT2D eigenvalue weighted by molar-refractivity contribution is 0.102. The lowest BCUT2D eigenvalue weighted by Gasteiger charge is -2.15. The summed E-state index contributed by atoms with van der Waals surface area (Å²) in [5.74, 6) is 6.24. The molecule has 4 aromatic rings. The Balaban J connectivity index is 1.48. The monoisotopic (exact) mass is 537 g/mol. The maximum Gasteiger partial charge on any atom is 0.280 e. The molecule has 4 heterocycles. The summed E-state index contributed by atoms with van der Waals surface area (Å²) in [7, 11) is 3.16. The number of methoxy groups -OCH3 is 1. The van der Waals surface area contributed by atoms with Crippen LogP contribution in [0.3, 0.4) is 0 Å². The number of alkyl halides is 2. The molecular formula is C25H21F2N7O3S. The summed E-state index contributed by atoms with van der Waals surface area (Å²) in [6.45, 7) is 0.115. The molecule has 0 unspecified atom stereocenters. The van der Waals surface area contributed by atoms with Gasteiger partial charge in [0, 0.05) is 42.6 Å². The van der Waals surface area contributed by atoms with Gasteiger partial charge in [0.15, 0.2) is 5.01 Å². The molecule has 1 N–H and O–H groups in total. The highest BCUT2D eigenvalue weighted by molar-refractivity contribution is 7.15. The van der Waals surface area contributed by atoms with Crippen LogP contribution in [0.5, 0.6) is 11.6 Å². The zero-order valence-electron chi connectivity index (χ0n) is 20.3. The van der Waals surface area contributed by atoms with Crippen molar-refractivity contribution in [1.82, 2.24) is 29.9 Å². The number of aromatic nitrogens is 6. The molecule has 38 heavy (non-hydrogen) atoms. The maximum absolute atomic E-state index is 13.5. The van der Waals surface area contributed by atoms with Crippen LogP contribution >= 0.6 is 11.3 Å². The maximum atomic E-state index is 13.5. The molecule has 0 atom stereocenters. The van der Waals surface area contributed by atoms with Gasteiger partial charge in [-0.2, -0.15) is 5.10 Å². The average molecular weight is 538 g/mol. The molecule has 5 rings (SSSR count). The highest BCUT2D eigenvalue weighted by atomic mass is 32.1. The minimum atomic E-state index is -2.82. The average Bonchev–Trinajstić information content (AvgIpc) is 3.49. The number of halogens is 2. The first-order valence-electron chi connectivity index (χ1n) is 11.5. The lowest BCUT2D eigenvalue weighted by atomic mass is 10.00. The molecule has 1 aliphatic rings. The topological polar surface area (TPSA) is 117 Å². The summed E-state index contributed by atoms with van der Waals surface area (Å²) >= 11 is 1.14. The second-order valence-electron chi connectivity index (χ2n) is 8.36. The standard InChI is InChI=1S/C25H21F2N7O3S/c1-34-8-7-15(33-34)13-37-21-10-16(17-9-19(23(26)27)28-12-20(17)36-2)18(11-29-21)24(35)30-25-32-31-22(38-25)6-5-14-3-4-14/h7-12,14,23H,3-4,13H2,1-2H3,(H,30,32,35). The van der Waals surface area contributed by atoms with Crippen LogP contribution in [0.1, 0.15) is 46.0 Å². The predicted molar refractivity (Wildman–Crippen MR) is 134 cm³/mol. The van der Waals surface area contributed by atoms with Gasteiger partial charge in [-0.05, 0) is 30.9 Å². The predicted octanol–water partition coefficient (Wildman–Crippen LogP) is 4.27. The smallest absolute Gasteiger partial charge is 0.280 e. The molecule has 1 saturated carbocycles. The minimum absolute atomic E-state index is 0.0840. The quantitative estimate of drug-likeness (QED) is 0.331. The van der Waals surface area contributed by atoms with E-state index in [-0.39, 0.29) is 40.1 Å². The SMILES string of the molecule is COc1cnc(C(F)F)cc1-c1cc(OCc2ccn(C)n2)ncc1C(=O)Nc1nnc(C#CC2CC2)s1. The molecule has 0 aliphatic heterocycles. The van der Waals surface area contributed by atoms with E-state index in [2.05, 4.69) is 42.4 Å². The Morgan fingerprint density at radius 2 is 2.08 bits per heavy atom. The minimum Gasteiger partial charge on any atom is -0.494 e. The number of amides is 1. The zero-order valence-corrected chi connectivity index (χ0v) is 21.1. The van der Waals surface area contributed by atoms with E-state index in [9.17, 15) is 13.6 Å². The van der Waals surface area contributed by atoms with Gasteiger partial charge in [0.1, 0.15) is 18.1 Å². The number of carbonyl (C=O) groups is 1. The van der Waals surface area contributed by atoms with Crippen molar-refractivity contribution in [3.05, 3.63) is 58.7 Å². The second-order valence-corrected chi connectivity index (χ2v) is 9.34. The Bertz CT molecular complexity index is 1540. The molecule has 0 bridgehead atoms. The fourth-order valence-electron chi connectivity index (χ4n) is 3.44. The Kier molecular flexibility index (Phi) is 7.23.